The van der Waals surface area contributed by atoms with Crippen LogP contribution in [0, 0.1) is 0 Å². The average Bonchev–Trinajstić information content (AvgIpc) is 2.47. The Kier molecular flexibility index (Phi) is 4.64. The molecule has 0 unspecified atom stereocenters. The van der Waals surface area contributed by atoms with Gasteiger partial charge in [0.2, 0.25) is 10.0 Å². The number of carbonyl (C=O) groups is 1. The van der Waals surface area contributed by atoms with Gasteiger partial charge in [-0.15, -0.1) is 0 Å². The Bertz CT molecular complexity index is 610. The van der Waals surface area contributed by atoms with E-state index in [0.717, 1.165) is 0 Å². The number of methoxy groups -OCH3 is 1. The lowest BCUT2D eigenvalue weighted by atomic mass is 10.2. The Morgan fingerprint density at radius 1 is 1.35 bits per heavy atom. The lowest BCUT2D eigenvalue weighted by Crippen LogP contribution is -2.40. The van der Waals surface area contributed by atoms with Crippen LogP contribution >= 0.6 is 11.6 Å². The van der Waals surface area contributed by atoms with E-state index in [0.29, 0.717) is 13.2 Å². The van der Waals surface area contributed by atoms with Gasteiger partial charge in [-0.2, -0.15) is 4.31 Å². The molecule has 20 heavy (non-hydrogen) atoms. The van der Waals surface area contributed by atoms with Gasteiger partial charge in [-0.1, -0.05) is 11.6 Å². The highest BCUT2D eigenvalue weighted by Crippen LogP contribution is 2.26. The third-order valence-corrected chi connectivity index (χ3v) is 5.32. The number of ether oxygens (including phenoxy) is 2. The van der Waals surface area contributed by atoms with Crippen molar-refractivity contribution in [3.8, 4) is 0 Å². The maximum absolute atomic E-state index is 12.4. The van der Waals surface area contributed by atoms with Gasteiger partial charge in [0.25, 0.3) is 0 Å². The maximum atomic E-state index is 12.4. The van der Waals surface area contributed by atoms with Gasteiger partial charge >= 0.3 is 5.97 Å². The third-order valence-electron chi connectivity index (χ3n) is 2.94. The van der Waals surface area contributed by atoms with E-state index in [9.17, 15) is 13.2 Å². The number of hydrogen-bond donors (Lipinski definition) is 0. The van der Waals surface area contributed by atoms with Crippen molar-refractivity contribution in [3.05, 3.63) is 28.8 Å². The largest absolute Gasteiger partial charge is 0.465 e. The summed E-state index contributed by atoms with van der Waals surface area (Å²) < 4.78 is 35.9. The second-order valence-electron chi connectivity index (χ2n) is 4.15. The monoisotopic (exact) mass is 319 g/mol. The Balaban J connectivity index is 2.34. The number of benzene rings is 1. The van der Waals surface area contributed by atoms with E-state index in [2.05, 4.69) is 4.74 Å². The molecule has 2 rings (SSSR count). The molecule has 1 aromatic rings. The first kappa shape index (κ1) is 15.2. The van der Waals surface area contributed by atoms with E-state index < -0.39 is 16.0 Å². The summed E-state index contributed by atoms with van der Waals surface area (Å²) in [5.74, 6) is -0.567. The zero-order valence-corrected chi connectivity index (χ0v) is 12.4. The van der Waals surface area contributed by atoms with Crippen LogP contribution < -0.4 is 0 Å². The number of rotatable bonds is 3. The molecule has 1 aromatic carbocycles. The minimum Gasteiger partial charge on any atom is -0.465 e. The summed E-state index contributed by atoms with van der Waals surface area (Å²) >= 11 is 5.99. The first-order valence-electron chi connectivity index (χ1n) is 5.92. The molecular weight excluding hydrogens is 306 g/mol. The van der Waals surface area contributed by atoms with Crippen LogP contribution in [-0.4, -0.2) is 52.1 Å². The molecule has 6 nitrogen and oxygen atoms in total. The van der Waals surface area contributed by atoms with E-state index in [-0.39, 0.29) is 28.6 Å². The molecule has 1 aliphatic rings. The molecular formula is C12H14ClNO5S. The second kappa shape index (κ2) is 6.09. The number of nitrogens with zero attached hydrogens (tertiary/aromatic N) is 1. The predicted octanol–water partition coefficient (Wildman–Crippen LogP) is 1.15. The van der Waals surface area contributed by atoms with E-state index >= 15 is 0 Å². The first-order chi connectivity index (χ1) is 9.46. The van der Waals surface area contributed by atoms with Crippen LogP contribution in [0.3, 0.4) is 0 Å². The van der Waals surface area contributed by atoms with Crippen LogP contribution in [0.1, 0.15) is 10.4 Å². The molecule has 0 radical (unpaired) electrons. The zero-order valence-electron chi connectivity index (χ0n) is 10.8. The molecule has 110 valence electrons. The highest BCUT2D eigenvalue weighted by Gasteiger charge is 2.28. The quantitative estimate of drug-likeness (QED) is 0.781. The lowest BCUT2D eigenvalue weighted by molar-refractivity contribution is 0.0600. The Morgan fingerprint density at radius 2 is 2.00 bits per heavy atom. The fraction of sp³-hybridized carbons (Fsp3) is 0.417. The van der Waals surface area contributed by atoms with Gasteiger partial charge < -0.3 is 9.47 Å². The van der Waals surface area contributed by atoms with Crippen LogP contribution in [0.15, 0.2) is 23.1 Å². The zero-order chi connectivity index (χ0) is 14.8. The van der Waals surface area contributed by atoms with Crippen LogP contribution in [0.4, 0.5) is 0 Å². The van der Waals surface area contributed by atoms with E-state index in [1.54, 1.807) is 0 Å². The summed E-state index contributed by atoms with van der Waals surface area (Å²) in [5.41, 5.74) is 0.207. The van der Waals surface area contributed by atoms with Crippen LogP contribution in [0.5, 0.6) is 0 Å². The third kappa shape index (κ3) is 2.95. The minimum absolute atomic E-state index is 0.000563. The average molecular weight is 320 g/mol. The van der Waals surface area contributed by atoms with Gasteiger partial charge in [0.1, 0.15) is 4.90 Å². The first-order valence-corrected chi connectivity index (χ1v) is 7.74. The van der Waals surface area contributed by atoms with Gasteiger partial charge in [0, 0.05) is 13.1 Å². The van der Waals surface area contributed by atoms with Crippen LogP contribution in [-0.2, 0) is 19.5 Å². The Labute approximate surface area is 122 Å². The van der Waals surface area contributed by atoms with Crippen LogP contribution in [0.25, 0.3) is 0 Å². The normalized spacial score (nSPS) is 16.9. The molecule has 1 heterocycles. The van der Waals surface area contributed by atoms with Crippen molar-refractivity contribution in [2.24, 2.45) is 0 Å². The molecule has 8 heteroatoms. The molecule has 0 N–H and O–H groups in total. The van der Waals surface area contributed by atoms with Crippen molar-refractivity contribution in [2.75, 3.05) is 33.4 Å². The summed E-state index contributed by atoms with van der Waals surface area (Å²) in [6.45, 7) is 1.29. The maximum Gasteiger partial charge on any atom is 0.337 e. The summed E-state index contributed by atoms with van der Waals surface area (Å²) in [7, 11) is -2.43. The molecule has 0 amide bonds. The van der Waals surface area contributed by atoms with Gasteiger partial charge in [0.15, 0.2) is 0 Å². The Hall–Kier alpha value is -1.15. The number of morpholine rings is 1. The van der Waals surface area contributed by atoms with Gasteiger partial charge in [-0.3, -0.25) is 0 Å². The van der Waals surface area contributed by atoms with Gasteiger partial charge in [-0.25, -0.2) is 13.2 Å². The molecule has 0 spiro atoms. The Morgan fingerprint density at radius 3 is 2.55 bits per heavy atom. The molecule has 0 bridgehead atoms. The smallest absolute Gasteiger partial charge is 0.337 e. The number of halogens is 1. The molecule has 1 saturated heterocycles. The number of sulfonamides is 1. The topological polar surface area (TPSA) is 72.9 Å². The van der Waals surface area contributed by atoms with E-state index in [1.807, 2.05) is 0 Å². The second-order valence-corrected chi connectivity index (χ2v) is 6.47. The van der Waals surface area contributed by atoms with E-state index in [1.165, 1.54) is 29.6 Å². The molecule has 0 aliphatic carbocycles. The molecule has 0 atom stereocenters. The van der Waals surface area contributed by atoms with Crippen molar-refractivity contribution < 1.29 is 22.7 Å². The molecule has 1 aliphatic heterocycles. The minimum atomic E-state index is -3.67. The standard InChI is InChI=1S/C12H14ClNO5S/c1-18-12(15)9-2-3-11(10(13)8-9)20(16,17)14-4-6-19-7-5-14/h2-3,8H,4-7H2,1H3. The van der Waals surface area contributed by atoms with E-state index in [4.69, 9.17) is 16.3 Å². The van der Waals surface area contributed by atoms with Gasteiger partial charge in [-0.05, 0) is 18.2 Å². The fourth-order valence-electron chi connectivity index (χ4n) is 1.88. The lowest BCUT2D eigenvalue weighted by Gasteiger charge is -2.26. The van der Waals surface area contributed by atoms with Crippen molar-refractivity contribution in [1.82, 2.24) is 4.31 Å². The summed E-state index contributed by atoms with van der Waals surface area (Å²) in [6.07, 6.45) is 0. The van der Waals surface area contributed by atoms with Crippen LogP contribution in [0.2, 0.25) is 5.02 Å². The van der Waals surface area contributed by atoms with Crippen molar-refractivity contribution in [1.29, 1.82) is 0 Å². The van der Waals surface area contributed by atoms with Crippen molar-refractivity contribution in [3.63, 3.8) is 0 Å². The summed E-state index contributed by atoms with van der Waals surface area (Å²) in [5, 5.41) is -0.000563. The predicted molar refractivity (Wildman–Crippen MR) is 72.4 cm³/mol. The number of carbonyl (C=O) groups excluding carboxylic acids is 1. The SMILES string of the molecule is COC(=O)c1ccc(S(=O)(=O)N2CCOCC2)c(Cl)c1. The molecule has 0 saturated carbocycles. The molecule has 0 aromatic heterocycles. The van der Waals surface area contributed by atoms with Crippen molar-refractivity contribution >= 4 is 27.6 Å². The summed E-state index contributed by atoms with van der Waals surface area (Å²) in [6, 6.07) is 3.99. The highest BCUT2D eigenvalue weighted by molar-refractivity contribution is 7.89. The number of esters is 1. The molecule has 1 fully saturated rings. The van der Waals surface area contributed by atoms with Gasteiger partial charge in [0.05, 0.1) is 30.9 Å². The number of hydrogen-bond acceptors (Lipinski definition) is 5. The highest BCUT2D eigenvalue weighted by atomic mass is 35.5. The fourth-order valence-corrected chi connectivity index (χ4v) is 3.81. The van der Waals surface area contributed by atoms with Crippen molar-refractivity contribution in [2.45, 2.75) is 4.90 Å². The summed E-state index contributed by atoms with van der Waals surface area (Å²) in [4.78, 5) is 11.4.